The smallest absolute Gasteiger partial charge is 0.226 e. The third-order valence-corrected chi connectivity index (χ3v) is 3.94. The SMILES string of the molecule is CCCNc1nc(NC(C)c2ccsc2)c2cn[nH]c2n1. The van der Waals surface area contributed by atoms with Crippen LogP contribution in [0.15, 0.2) is 23.0 Å². The molecule has 3 aromatic heterocycles. The Hall–Kier alpha value is -2.15. The van der Waals surface area contributed by atoms with Gasteiger partial charge in [0.15, 0.2) is 5.65 Å². The lowest BCUT2D eigenvalue weighted by molar-refractivity contribution is 0.879. The third-order valence-electron chi connectivity index (χ3n) is 3.24. The molecule has 0 aromatic carbocycles. The van der Waals surface area contributed by atoms with E-state index in [1.165, 1.54) is 5.56 Å². The Morgan fingerprint density at radius 1 is 1.38 bits per heavy atom. The lowest BCUT2D eigenvalue weighted by Crippen LogP contribution is -2.10. The molecule has 0 spiro atoms. The van der Waals surface area contributed by atoms with Crippen LogP contribution in [0.1, 0.15) is 31.9 Å². The van der Waals surface area contributed by atoms with Gasteiger partial charge in [0, 0.05) is 6.54 Å². The number of aromatic nitrogens is 4. The van der Waals surface area contributed by atoms with E-state index in [2.05, 4.69) is 61.5 Å². The summed E-state index contributed by atoms with van der Waals surface area (Å²) in [5, 5.41) is 18.7. The van der Waals surface area contributed by atoms with Gasteiger partial charge in [-0.05, 0) is 35.7 Å². The van der Waals surface area contributed by atoms with E-state index in [1.807, 2.05) is 0 Å². The van der Waals surface area contributed by atoms with Crippen LogP contribution < -0.4 is 10.6 Å². The molecule has 0 radical (unpaired) electrons. The number of anilines is 2. The van der Waals surface area contributed by atoms with Crippen LogP contribution in [0.4, 0.5) is 11.8 Å². The number of H-pyrrole nitrogens is 1. The largest absolute Gasteiger partial charge is 0.363 e. The molecular weight excluding hydrogens is 284 g/mol. The molecule has 0 amide bonds. The first-order valence-corrected chi connectivity index (χ1v) is 7.96. The third kappa shape index (κ3) is 2.97. The number of hydrogen-bond donors (Lipinski definition) is 3. The Morgan fingerprint density at radius 3 is 3.05 bits per heavy atom. The van der Waals surface area contributed by atoms with Crippen LogP contribution in [0.5, 0.6) is 0 Å². The maximum Gasteiger partial charge on any atom is 0.226 e. The monoisotopic (exact) mass is 302 g/mol. The summed E-state index contributed by atoms with van der Waals surface area (Å²) < 4.78 is 0. The summed E-state index contributed by atoms with van der Waals surface area (Å²) in [5.41, 5.74) is 1.99. The van der Waals surface area contributed by atoms with Crippen LogP contribution in [0.3, 0.4) is 0 Å². The zero-order chi connectivity index (χ0) is 14.7. The molecule has 21 heavy (non-hydrogen) atoms. The molecule has 110 valence electrons. The van der Waals surface area contributed by atoms with E-state index < -0.39 is 0 Å². The van der Waals surface area contributed by atoms with E-state index in [4.69, 9.17) is 0 Å². The summed E-state index contributed by atoms with van der Waals surface area (Å²) in [6.07, 6.45) is 2.78. The minimum Gasteiger partial charge on any atom is -0.363 e. The van der Waals surface area contributed by atoms with E-state index in [0.717, 1.165) is 29.8 Å². The predicted molar refractivity (Wildman–Crippen MR) is 86.8 cm³/mol. The number of rotatable bonds is 6. The van der Waals surface area contributed by atoms with E-state index in [0.29, 0.717) is 5.95 Å². The molecule has 0 bridgehead atoms. The van der Waals surface area contributed by atoms with Crippen molar-refractivity contribution in [1.82, 2.24) is 20.2 Å². The predicted octanol–water partition coefficient (Wildman–Crippen LogP) is 3.41. The normalized spacial score (nSPS) is 12.5. The minimum absolute atomic E-state index is 0.184. The summed E-state index contributed by atoms with van der Waals surface area (Å²) in [6.45, 7) is 5.08. The molecule has 3 aromatic rings. The van der Waals surface area contributed by atoms with Gasteiger partial charge in [-0.3, -0.25) is 5.10 Å². The molecule has 0 saturated heterocycles. The maximum atomic E-state index is 4.57. The van der Waals surface area contributed by atoms with Crippen LogP contribution in [0.25, 0.3) is 11.0 Å². The molecule has 1 atom stereocenters. The fourth-order valence-corrected chi connectivity index (χ4v) is 2.82. The fraction of sp³-hybridized carbons (Fsp3) is 0.357. The number of thiophene rings is 1. The van der Waals surface area contributed by atoms with Crippen molar-refractivity contribution in [2.45, 2.75) is 26.3 Å². The van der Waals surface area contributed by atoms with Crippen molar-refractivity contribution in [1.29, 1.82) is 0 Å². The second-order valence-corrected chi connectivity index (χ2v) is 5.66. The first-order valence-electron chi connectivity index (χ1n) is 7.01. The minimum atomic E-state index is 0.184. The average Bonchev–Trinajstić information content (AvgIpc) is 3.15. The molecule has 0 saturated carbocycles. The molecular formula is C14H18N6S. The Labute approximate surface area is 127 Å². The lowest BCUT2D eigenvalue weighted by atomic mass is 10.2. The Kier molecular flexibility index (Phi) is 4.01. The molecule has 3 rings (SSSR count). The first-order chi connectivity index (χ1) is 10.3. The van der Waals surface area contributed by atoms with Crippen molar-refractivity contribution in [3.05, 3.63) is 28.6 Å². The molecule has 7 heteroatoms. The van der Waals surface area contributed by atoms with Crippen LogP contribution in [-0.2, 0) is 0 Å². The molecule has 6 nitrogen and oxygen atoms in total. The van der Waals surface area contributed by atoms with Crippen molar-refractivity contribution in [2.75, 3.05) is 17.2 Å². The number of nitrogens with one attached hydrogen (secondary N) is 3. The highest BCUT2D eigenvalue weighted by atomic mass is 32.1. The summed E-state index contributed by atoms with van der Waals surface area (Å²) in [6, 6.07) is 2.30. The van der Waals surface area contributed by atoms with Crippen molar-refractivity contribution in [3.8, 4) is 0 Å². The highest BCUT2D eigenvalue weighted by Gasteiger charge is 2.13. The van der Waals surface area contributed by atoms with Gasteiger partial charge < -0.3 is 10.6 Å². The zero-order valence-electron chi connectivity index (χ0n) is 12.1. The molecule has 0 aliphatic carbocycles. The molecule has 1 unspecified atom stereocenters. The van der Waals surface area contributed by atoms with Crippen LogP contribution >= 0.6 is 11.3 Å². The summed E-state index contributed by atoms with van der Waals surface area (Å²) in [4.78, 5) is 9.00. The number of aromatic amines is 1. The number of hydrogen-bond acceptors (Lipinski definition) is 6. The van der Waals surface area contributed by atoms with E-state index in [9.17, 15) is 0 Å². The second kappa shape index (κ2) is 6.09. The van der Waals surface area contributed by atoms with Gasteiger partial charge in [0.1, 0.15) is 5.82 Å². The Bertz CT molecular complexity index is 705. The van der Waals surface area contributed by atoms with E-state index in [1.54, 1.807) is 17.5 Å². The molecule has 3 heterocycles. The van der Waals surface area contributed by atoms with Crippen molar-refractivity contribution < 1.29 is 0 Å². The molecule has 0 aliphatic heterocycles. The van der Waals surface area contributed by atoms with Gasteiger partial charge in [-0.25, -0.2) is 0 Å². The number of nitrogens with zero attached hydrogens (tertiary/aromatic N) is 3. The van der Waals surface area contributed by atoms with Gasteiger partial charge in [-0.1, -0.05) is 6.92 Å². The highest BCUT2D eigenvalue weighted by molar-refractivity contribution is 7.08. The first kappa shape index (κ1) is 13.8. The quantitative estimate of drug-likeness (QED) is 0.650. The van der Waals surface area contributed by atoms with Gasteiger partial charge in [0.05, 0.1) is 17.6 Å². The summed E-state index contributed by atoms with van der Waals surface area (Å²) in [5.74, 6) is 1.42. The van der Waals surface area contributed by atoms with Crippen LogP contribution in [0, 0.1) is 0 Å². The summed E-state index contributed by atoms with van der Waals surface area (Å²) >= 11 is 1.69. The topological polar surface area (TPSA) is 78.5 Å². The molecule has 0 fully saturated rings. The van der Waals surface area contributed by atoms with E-state index in [-0.39, 0.29) is 6.04 Å². The maximum absolute atomic E-state index is 4.57. The van der Waals surface area contributed by atoms with Crippen molar-refractivity contribution in [3.63, 3.8) is 0 Å². The van der Waals surface area contributed by atoms with Crippen molar-refractivity contribution >= 4 is 34.1 Å². The van der Waals surface area contributed by atoms with Gasteiger partial charge in [-0.2, -0.15) is 26.4 Å². The average molecular weight is 302 g/mol. The highest BCUT2D eigenvalue weighted by Crippen LogP contribution is 2.25. The van der Waals surface area contributed by atoms with Crippen LogP contribution in [-0.4, -0.2) is 26.7 Å². The van der Waals surface area contributed by atoms with Gasteiger partial charge >= 0.3 is 0 Å². The van der Waals surface area contributed by atoms with Crippen LogP contribution in [0.2, 0.25) is 0 Å². The number of fused-ring (bicyclic) bond motifs is 1. The standard InChI is InChI=1S/C14H18N6S/c1-3-5-15-14-18-12(11-7-16-20-13(11)19-14)17-9(2)10-4-6-21-8-10/h4,6-9H,3,5H2,1-2H3,(H3,15,16,17,18,19,20). The van der Waals surface area contributed by atoms with E-state index >= 15 is 0 Å². The molecule has 0 aliphatic rings. The second-order valence-electron chi connectivity index (χ2n) is 4.88. The van der Waals surface area contributed by atoms with Gasteiger partial charge in [-0.15, -0.1) is 0 Å². The lowest BCUT2D eigenvalue weighted by Gasteiger charge is -2.14. The summed E-state index contributed by atoms with van der Waals surface area (Å²) in [7, 11) is 0. The van der Waals surface area contributed by atoms with Gasteiger partial charge in [0.2, 0.25) is 5.95 Å². The van der Waals surface area contributed by atoms with Crippen molar-refractivity contribution in [2.24, 2.45) is 0 Å². The molecule has 3 N–H and O–H groups in total. The zero-order valence-corrected chi connectivity index (χ0v) is 12.9. The van der Waals surface area contributed by atoms with Gasteiger partial charge in [0.25, 0.3) is 0 Å². The Morgan fingerprint density at radius 2 is 2.29 bits per heavy atom. The Balaban J connectivity index is 1.90. The fourth-order valence-electron chi connectivity index (χ4n) is 2.07.